The molecule has 0 bridgehead atoms. The second-order valence-electron chi connectivity index (χ2n) is 6.68. The third-order valence-corrected chi connectivity index (χ3v) is 5.62. The molecule has 1 aliphatic rings. The first-order valence-corrected chi connectivity index (χ1v) is 9.20. The molecule has 0 radical (unpaired) electrons. The SMILES string of the molecule is CN(C(=O)OC(C)(C)C)P(=O)(O)CCC1CCCCC1. The fourth-order valence-corrected chi connectivity index (χ4v) is 3.73. The highest BCUT2D eigenvalue weighted by atomic mass is 31.2. The van der Waals surface area contributed by atoms with Gasteiger partial charge in [0.2, 0.25) is 0 Å². The van der Waals surface area contributed by atoms with Crippen molar-refractivity contribution in [3.05, 3.63) is 0 Å². The van der Waals surface area contributed by atoms with Gasteiger partial charge >= 0.3 is 6.09 Å². The molecule has 0 aromatic carbocycles. The van der Waals surface area contributed by atoms with Crippen LogP contribution in [0.3, 0.4) is 0 Å². The van der Waals surface area contributed by atoms with Gasteiger partial charge in [-0.3, -0.25) is 4.57 Å². The summed E-state index contributed by atoms with van der Waals surface area (Å²) in [4.78, 5) is 21.9. The van der Waals surface area contributed by atoms with Gasteiger partial charge in [0.1, 0.15) is 5.60 Å². The Hall–Kier alpha value is -0.540. The van der Waals surface area contributed by atoms with E-state index in [2.05, 4.69) is 0 Å². The first-order chi connectivity index (χ1) is 9.12. The lowest BCUT2D eigenvalue weighted by Gasteiger charge is -2.29. The molecule has 0 aromatic rings. The predicted molar refractivity (Wildman–Crippen MR) is 79.9 cm³/mol. The van der Waals surface area contributed by atoms with E-state index in [1.165, 1.54) is 26.3 Å². The molecular weight excluding hydrogens is 277 g/mol. The Morgan fingerprint density at radius 3 is 2.35 bits per heavy atom. The summed E-state index contributed by atoms with van der Waals surface area (Å²) in [6.45, 7) is 5.22. The Morgan fingerprint density at radius 1 is 1.30 bits per heavy atom. The molecule has 5 nitrogen and oxygen atoms in total. The Morgan fingerprint density at radius 2 is 1.85 bits per heavy atom. The summed E-state index contributed by atoms with van der Waals surface area (Å²) in [6.07, 6.45) is 6.10. The number of hydrogen-bond donors (Lipinski definition) is 1. The molecule has 0 aliphatic heterocycles. The molecule has 1 atom stereocenters. The quantitative estimate of drug-likeness (QED) is 0.797. The van der Waals surface area contributed by atoms with Crippen LogP contribution in [0.5, 0.6) is 0 Å². The third-order valence-electron chi connectivity index (χ3n) is 3.68. The van der Waals surface area contributed by atoms with Gasteiger partial charge in [-0.15, -0.1) is 0 Å². The monoisotopic (exact) mass is 305 g/mol. The first kappa shape index (κ1) is 17.5. The van der Waals surface area contributed by atoms with Gasteiger partial charge in [-0.2, -0.15) is 0 Å². The summed E-state index contributed by atoms with van der Waals surface area (Å²) in [6, 6.07) is 0. The highest BCUT2D eigenvalue weighted by Crippen LogP contribution is 2.46. The van der Waals surface area contributed by atoms with Gasteiger partial charge in [-0.05, 0) is 33.1 Å². The zero-order valence-corrected chi connectivity index (χ0v) is 14.0. The van der Waals surface area contributed by atoms with Crippen LogP contribution in [0, 0.1) is 5.92 Å². The topological polar surface area (TPSA) is 66.8 Å². The maximum atomic E-state index is 12.3. The molecule has 0 heterocycles. The van der Waals surface area contributed by atoms with Gasteiger partial charge in [-0.1, -0.05) is 32.1 Å². The number of nitrogens with zero attached hydrogens (tertiary/aromatic N) is 1. The largest absolute Gasteiger partial charge is 0.443 e. The van der Waals surface area contributed by atoms with Crippen LogP contribution in [-0.2, 0) is 9.30 Å². The number of hydrogen-bond acceptors (Lipinski definition) is 3. The van der Waals surface area contributed by atoms with Gasteiger partial charge in [0, 0.05) is 13.2 Å². The molecule has 1 aliphatic carbocycles. The van der Waals surface area contributed by atoms with E-state index in [9.17, 15) is 14.3 Å². The van der Waals surface area contributed by atoms with E-state index >= 15 is 0 Å². The molecule has 0 spiro atoms. The standard InChI is InChI=1S/C14H28NO4P/c1-14(2,3)19-13(16)15(4)20(17,18)11-10-12-8-6-5-7-9-12/h12H,5-11H2,1-4H3,(H,17,18). The fourth-order valence-electron chi connectivity index (χ4n) is 2.43. The summed E-state index contributed by atoms with van der Waals surface area (Å²) in [5.41, 5.74) is -0.658. The van der Waals surface area contributed by atoms with Crippen LogP contribution >= 0.6 is 7.52 Å². The van der Waals surface area contributed by atoms with E-state index in [0.717, 1.165) is 17.5 Å². The molecule has 6 heteroatoms. The van der Waals surface area contributed by atoms with Crippen LogP contribution in [0.15, 0.2) is 0 Å². The minimum atomic E-state index is -3.63. The maximum Gasteiger partial charge on any atom is 0.417 e. The molecule has 1 unspecified atom stereocenters. The van der Waals surface area contributed by atoms with E-state index in [-0.39, 0.29) is 6.16 Å². The first-order valence-electron chi connectivity index (χ1n) is 7.41. The molecule has 1 saturated carbocycles. The summed E-state index contributed by atoms with van der Waals surface area (Å²) < 4.78 is 18.3. The van der Waals surface area contributed by atoms with Gasteiger partial charge < -0.3 is 9.63 Å². The number of carbonyl (C=O) groups excluding carboxylic acids is 1. The molecule has 1 rings (SSSR count). The van der Waals surface area contributed by atoms with Gasteiger partial charge in [0.25, 0.3) is 7.52 Å². The van der Waals surface area contributed by atoms with Gasteiger partial charge in [0.15, 0.2) is 0 Å². The molecule has 1 amide bonds. The van der Waals surface area contributed by atoms with Crippen molar-refractivity contribution in [2.24, 2.45) is 5.92 Å². The van der Waals surface area contributed by atoms with Gasteiger partial charge in [0.05, 0.1) is 0 Å². The van der Waals surface area contributed by atoms with Crippen LogP contribution in [-0.4, -0.2) is 34.5 Å². The summed E-state index contributed by atoms with van der Waals surface area (Å²) in [5.74, 6) is 0.524. The van der Waals surface area contributed by atoms with E-state index < -0.39 is 19.2 Å². The van der Waals surface area contributed by atoms with Crippen LogP contribution < -0.4 is 0 Å². The molecule has 1 fully saturated rings. The number of amides is 1. The lowest BCUT2D eigenvalue weighted by molar-refractivity contribution is 0.0404. The molecule has 1 N–H and O–H groups in total. The number of rotatable bonds is 4. The average molecular weight is 305 g/mol. The fraction of sp³-hybridized carbons (Fsp3) is 0.929. The van der Waals surface area contributed by atoms with Crippen molar-refractivity contribution in [1.82, 2.24) is 4.67 Å². The minimum Gasteiger partial charge on any atom is -0.443 e. The number of carbonyl (C=O) groups is 1. The lowest BCUT2D eigenvalue weighted by Crippen LogP contribution is -2.33. The molecule has 118 valence electrons. The Bertz CT molecular complexity index is 372. The Kier molecular flexibility index (Phi) is 6.08. The predicted octanol–water partition coefficient (Wildman–Crippen LogP) is 4.01. The highest BCUT2D eigenvalue weighted by Gasteiger charge is 2.33. The van der Waals surface area contributed by atoms with E-state index in [1.807, 2.05) is 0 Å². The van der Waals surface area contributed by atoms with Crippen LogP contribution in [0.25, 0.3) is 0 Å². The van der Waals surface area contributed by atoms with Crippen molar-refractivity contribution in [3.63, 3.8) is 0 Å². The maximum absolute atomic E-state index is 12.3. The smallest absolute Gasteiger partial charge is 0.417 e. The van der Waals surface area contributed by atoms with Crippen LogP contribution in [0.1, 0.15) is 59.3 Å². The van der Waals surface area contributed by atoms with Gasteiger partial charge in [-0.25, -0.2) is 9.46 Å². The second-order valence-corrected chi connectivity index (χ2v) is 9.06. The molecule has 0 aromatic heterocycles. The molecular formula is C14H28NO4P. The lowest BCUT2D eigenvalue weighted by atomic mass is 9.88. The van der Waals surface area contributed by atoms with Crippen LogP contribution in [0.2, 0.25) is 0 Å². The summed E-state index contributed by atoms with van der Waals surface area (Å²) >= 11 is 0. The highest BCUT2D eigenvalue weighted by molar-refractivity contribution is 7.56. The normalized spacial score (nSPS) is 20.2. The van der Waals surface area contributed by atoms with Crippen LogP contribution in [0.4, 0.5) is 4.79 Å². The van der Waals surface area contributed by atoms with Crippen molar-refractivity contribution in [3.8, 4) is 0 Å². The van der Waals surface area contributed by atoms with E-state index in [1.54, 1.807) is 20.8 Å². The van der Waals surface area contributed by atoms with E-state index in [0.29, 0.717) is 12.3 Å². The zero-order valence-electron chi connectivity index (χ0n) is 13.1. The Labute approximate surface area is 122 Å². The van der Waals surface area contributed by atoms with E-state index in [4.69, 9.17) is 4.74 Å². The van der Waals surface area contributed by atoms with Crippen molar-refractivity contribution < 1.29 is 19.0 Å². The molecule has 20 heavy (non-hydrogen) atoms. The zero-order chi connectivity index (χ0) is 15.4. The minimum absolute atomic E-state index is 0.160. The summed E-state index contributed by atoms with van der Waals surface area (Å²) in [5, 5.41) is 0. The average Bonchev–Trinajstić information content (AvgIpc) is 2.35. The second kappa shape index (κ2) is 6.95. The Balaban J connectivity index is 2.49. The van der Waals surface area contributed by atoms with Crippen molar-refractivity contribution in [2.45, 2.75) is 64.9 Å². The summed E-state index contributed by atoms with van der Waals surface area (Å²) in [7, 11) is -2.29. The van der Waals surface area contributed by atoms with Crippen molar-refractivity contribution in [1.29, 1.82) is 0 Å². The van der Waals surface area contributed by atoms with Crippen molar-refractivity contribution >= 4 is 13.6 Å². The number of ether oxygens (including phenoxy) is 1. The molecule has 0 saturated heterocycles. The van der Waals surface area contributed by atoms with Crippen molar-refractivity contribution in [2.75, 3.05) is 13.2 Å². The third kappa shape index (κ3) is 5.84.